The lowest BCUT2D eigenvalue weighted by Gasteiger charge is -2.04. The SMILES string of the molecule is COc1c(C#N)ccnc1C(N)=O. The Balaban J connectivity index is 3.38. The molecule has 1 aromatic rings. The Morgan fingerprint density at radius 3 is 2.92 bits per heavy atom. The molecule has 0 radical (unpaired) electrons. The number of amides is 1. The summed E-state index contributed by atoms with van der Waals surface area (Å²) in [6.07, 6.45) is 1.33. The molecule has 0 saturated carbocycles. The van der Waals surface area contributed by atoms with E-state index in [2.05, 4.69) is 4.98 Å². The first-order valence-electron chi connectivity index (χ1n) is 3.43. The van der Waals surface area contributed by atoms with E-state index in [0.29, 0.717) is 0 Å². The smallest absolute Gasteiger partial charge is 0.271 e. The number of nitrogens with two attached hydrogens (primary N) is 1. The van der Waals surface area contributed by atoms with E-state index < -0.39 is 5.91 Å². The fraction of sp³-hybridized carbons (Fsp3) is 0.125. The van der Waals surface area contributed by atoms with Crippen LogP contribution < -0.4 is 10.5 Å². The zero-order valence-corrected chi connectivity index (χ0v) is 6.94. The maximum atomic E-state index is 10.8. The predicted molar refractivity (Wildman–Crippen MR) is 44.0 cm³/mol. The lowest BCUT2D eigenvalue weighted by molar-refractivity contribution is 0.0992. The number of nitrogens with zero attached hydrogens (tertiary/aromatic N) is 2. The van der Waals surface area contributed by atoms with Gasteiger partial charge in [-0.1, -0.05) is 0 Å². The van der Waals surface area contributed by atoms with Gasteiger partial charge in [-0.2, -0.15) is 5.26 Å². The first kappa shape index (κ1) is 9.00. The third-order valence-electron chi connectivity index (χ3n) is 1.46. The van der Waals surface area contributed by atoms with Crippen LogP contribution in [0.15, 0.2) is 12.3 Å². The van der Waals surface area contributed by atoms with Crippen molar-refractivity contribution < 1.29 is 9.53 Å². The third kappa shape index (κ3) is 1.56. The number of pyridine rings is 1. The molecule has 0 spiro atoms. The summed E-state index contributed by atoms with van der Waals surface area (Å²) >= 11 is 0. The van der Waals surface area contributed by atoms with Gasteiger partial charge >= 0.3 is 0 Å². The van der Waals surface area contributed by atoms with Crippen LogP contribution in [0.5, 0.6) is 5.75 Å². The summed E-state index contributed by atoms with van der Waals surface area (Å²) in [6, 6.07) is 3.32. The van der Waals surface area contributed by atoms with E-state index in [1.54, 1.807) is 0 Å². The van der Waals surface area contributed by atoms with Gasteiger partial charge in [-0.3, -0.25) is 4.79 Å². The second-order valence-electron chi connectivity index (χ2n) is 2.22. The van der Waals surface area contributed by atoms with Crippen molar-refractivity contribution in [1.29, 1.82) is 5.26 Å². The molecule has 1 amide bonds. The van der Waals surface area contributed by atoms with Gasteiger partial charge in [0.15, 0.2) is 11.4 Å². The normalized spacial score (nSPS) is 8.92. The van der Waals surface area contributed by atoms with Crippen LogP contribution in [-0.4, -0.2) is 18.0 Å². The van der Waals surface area contributed by atoms with Crippen molar-refractivity contribution in [3.05, 3.63) is 23.5 Å². The summed E-state index contributed by atoms with van der Waals surface area (Å²) in [5.41, 5.74) is 5.24. The number of rotatable bonds is 2. The first-order chi connectivity index (χ1) is 6.20. The summed E-state index contributed by atoms with van der Waals surface area (Å²) in [6.45, 7) is 0. The van der Waals surface area contributed by atoms with Crippen molar-refractivity contribution >= 4 is 5.91 Å². The average Bonchev–Trinajstić information content (AvgIpc) is 2.16. The summed E-state index contributed by atoms with van der Waals surface area (Å²) in [4.78, 5) is 14.5. The van der Waals surface area contributed by atoms with Gasteiger partial charge in [0.25, 0.3) is 5.91 Å². The van der Waals surface area contributed by atoms with Gasteiger partial charge in [-0.05, 0) is 6.07 Å². The number of methoxy groups -OCH3 is 1. The summed E-state index contributed by atoms with van der Waals surface area (Å²) in [5, 5.41) is 8.65. The molecular formula is C8H7N3O2. The van der Waals surface area contributed by atoms with Gasteiger partial charge in [0, 0.05) is 6.20 Å². The number of hydrogen-bond acceptors (Lipinski definition) is 4. The molecule has 0 unspecified atom stereocenters. The van der Waals surface area contributed by atoms with Crippen molar-refractivity contribution in [2.45, 2.75) is 0 Å². The highest BCUT2D eigenvalue weighted by molar-refractivity contribution is 5.94. The molecule has 0 bridgehead atoms. The van der Waals surface area contributed by atoms with Crippen LogP contribution in [0.25, 0.3) is 0 Å². The number of nitriles is 1. The Hall–Kier alpha value is -2.09. The number of carbonyl (C=O) groups excluding carboxylic acids is 1. The van der Waals surface area contributed by atoms with Crippen molar-refractivity contribution in [2.24, 2.45) is 5.73 Å². The molecule has 0 saturated heterocycles. The third-order valence-corrected chi connectivity index (χ3v) is 1.46. The molecule has 5 nitrogen and oxygen atoms in total. The van der Waals surface area contributed by atoms with Crippen molar-refractivity contribution in [2.75, 3.05) is 7.11 Å². The minimum Gasteiger partial charge on any atom is -0.493 e. The maximum absolute atomic E-state index is 10.8. The topological polar surface area (TPSA) is 89.0 Å². The number of carbonyl (C=O) groups is 1. The van der Waals surface area contributed by atoms with E-state index in [-0.39, 0.29) is 17.0 Å². The second-order valence-corrected chi connectivity index (χ2v) is 2.22. The molecule has 0 aliphatic rings. The van der Waals surface area contributed by atoms with E-state index in [0.717, 1.165) is 0 Å². The van der Waals surface area contributed by atoms with Crippen molar-refractivity contribution in [1.82, 2.24) is 4.98 Å². The van der Waals surface area contributed by atoms with Crippen LogP contribution in [0.4, 0.5) is 0 Å². The summed E-state index contributed by atoms with van der Waals surface area (Å²) in [5.74, 6) is -0.591. The van der Waals surface area contributed by atoms with Crippen LogP contribution in [0.2, 0.25) is 0 Å². The lowest BCUT2D eigenvalue weighted by Crippen LogP contribution is -2.15. The van der Waals surface area contributed by atoms with Gasteiger partial charge in [-0.15, -0.1) is 0 Å². The quantitative estimate of drug-likeness (QED) is 0.691. The molecule has 0 aliphatic carbocycles. The Labute approximate surface area is 74.8 Å². The molecule has 0 aliphatic heterocycles. The Kier molecular flexibility index (Phi) is 2.45. The molecule has 2 N–H and O–H groups in total. The molecule has 1 heterocycles. The van der Waals surface area contributed by atoms with Crippen LogP contribution in [-0.2, 0) is 0 Å². The minimum absolute atomic E-state index is 0.0263. The van der Waals surface area contributed by atoms with Crippen LogP contribution >= 0.6 is 0 Å². The van der Waals surface area contributed by atoms with E-state index in [1.165, 1.54) is 19.4 Å². The van der Waals surface area contributed by atoms with E-state index in [1.807, 2.05) is 6.07 Å². The zero-order valence-electron chi connectivity index (χ0n) is 6.94. The van der Waals surface area contributed by atoms with E-state index >= 15 is 0 Å². The Bertz CT molecular complexity index is 381. The number of ether oxygens (including phenoxy) is 1. The maximum Gasteiger partial charge on any atom is 0.271 e. The largest absolute Gasteiger partial charge is 0.493 e. The second kappa shape index (κ2) is 3.54. The van der Waals surface area contributed by atoms with Crippen LogP contribution in [0, 0.1) is 11.3 Å². The fourth-order valence-corrected chi connectivity index (χ4v) is 0.918. The van der Waals surface area contributed by atoms with Gasteiger partial charge in [0.05, 0.1) is 12.7 Å². The molecule has 0 fully saturated rings. The highest BCUT2D eigenvalue weighted by Gasteiger charge is 2.13. The summed E-state index contributed by atoms with van der Waals surface area (Å²) < 4.78 is 4.84. The molecule has 0 atom stereocenters. The van der Waals surface area contributed by atoms with E-state index in [4.69, 9.17) is 15.7 Å². The van der Waals surface area contributed by atoms with Gasteiger partial charge in [0.2, 0.25) is 0 Å². The standard InChI is InChI=1S/C8H7N3O2/c1-13-7-5(4-9)2-3-11-6(7)8(10)12/h2-3H,1H3,(H2,10,12). The fourth-order valence-electron chi connectivity index (χ4n) is 0.918. The number of primary amides is 1. The Morgan fingerprint density at radius 1 is 1.77 bits per heavy atom. The van der Waals surface area contributed by atoms with Crippen LogP contribution in [0.1, 0.15) is 16.1 Å². The van der Waals surface area contributed by atoms with Crippen molar-refractivity contribution in [3.63, 3.8) is 0 Å². The highest BCUT2D eigenvalue weighted by atomic mass is 16.5. The zero-order chi connectivity index (χ0) is 9.84. The molecule has 66 valence electrons. The molecule has 13 heavy (non-hydrogen) atoms. The Morgan fingerprint density at radius 2 is 2.46 bits per heavy atom. The van der Waals surface area contributed by atoms with Gasteiger partial charge in [0.1, 0.15) is 6.07 Å². The van der Waals surface area contributed by atoms with Crippen molar-refractivity contribution in [3.8, 4) is 11.8 Å². The summed E-state index contributed by atoms with van der Waals surface area (Å²) in [7, 11) is 1.35. The molecule has 1 aromatic heterocycles. The number of aromatic nitrogens is 1. The monoisotopic (exact) mass is 177 g/mol. The number of hydrogen-bond donors (Lipinski definition) is 1. The lowest BCUT2D eigenvalue weighted by atomic mass is 10.2. The van der Waals surface area contributed by atoms with E-state index in [9.17, 15) is 4.79 Å². The van der Waals surface area contributed by atoms with Gasteiger partial charge < -0.3 is 10.5 Å². The first-order valence-corrected chi connectivity index (χ1v) is 3.43. The van der Waals surface area contributed by atoms with Gasteiger partial charge in [-0.25, -0.2) is 4.98 Å². The molecule has 1 rings (SSSR count). The van der Waals surface area contributed by atoms with Crippen LogP contribution in [0.3, 0.4) is 0 Å². The molecular weight excluding hydrogens is 170 g/mol. The highest BCUT2D eigenvalue weighted by Crippen LogP contribution is 2.19. The average molecular weight is 177 g/mol. The molecule has 5 heteroatoms. The predicted octanol–water partition coefficient (Wildman–Crippen LogP) is 0.0608. The minimum atomic E-state index is -0.714. The molecule has 0 aromatic carbocycles.